The van der Waals surface area contributed by atoms with Crippen molar-refractivity contribution in [3.63, 3.8) is 0 Å². The highest BCUT2D eigenvalue weighted by molar-refractivity contribution is 4.78. The van der Waals surface area contributed by atoms with Gasteiger partial charge in [0.1, 0.15) is 0 Å². The molecular formula is C9H13N3O4. The second-order valence-corrected chi connectivity index (χ2v) is 3.86. The predicted octanol–water partition coefficient (Wildman–Crippen LogP) is -1.97. The van der Waals surface area contributed by atoms with E-state index in [4.69, 9.17) is 4.74 Å². The molecule has 1 aliphatic rings. The lowest BCUT2D eigenvalue weighted by Gasteiger charge is -2.07. The fraction of sp³-hybridized carbons (Fsp3) is 0.667. The van der Waals surface area contributed by atoms with E-state index in [1.165, 1.54) is 14.1 Å². The van der Waals surface area contributed by atoms with Crippen LogP contribution in [0.2, 0.25) is 0 Å². The van der Waals surface area contributed by atoms with Crippen molar-refractivity contribution in [1.29, 1.82) is 0 Å². The van der Waals surface area contributed by atoms with Crippen LogP contribution >= 0.6 is 0 Å². The molecule has 0 aliphatic carbocycles. The van der Waals surface area contributed by atoms with Crippen molar-refractivity contribution in [2.75, 3.05) is 6.61 Å². The number of hydrogen-bond acceptors (Lipinski definition) is 4. The van der Waals surface area contributed by atoms with E-state index in [9.17, 15) is 14.4 Å². The normalized spacial score (nSPS) is 18.8. The molecule has 0 amide bonds. The largest absolute Gasteiger partial charge is 0.373 e. The standard InChI is InChI=1S/C9H13N3O4/c1-10-7(13)11(2)9(15)12(8(10)14)4-3-6-5-16-6/h6H,3-5H2,1-2H3. The first-order valence-corrected chi connectivity index (χ1v) is 5.01. The third kappa shape index (κ3) is 1.73. The average Bonchev–Trinajstić information content (AvgIpc) is 3.07. The molecule has 88 valence electrons. The van der Waals surface area contributed by atoms with Gasteiger partial charge >= 0.3 is 17.1 Å². The van der Waals surface area contributed by atoms with Crippen LogP contribution in [0.15, 0.2) is 14.4 Å². The van der Waals surface area contributed by atoms with E-state index in [1.807, 2.05) is 0 Å². The van der Waals surface area contributed by atoms with Crippen LogP contribution in [-0.2, 0) is 25.4 Å². The molecule has 1 saturated heterocycles. The van der Waals surface area contributed by atoms with Gasteiger partial charge in [0, 0.05) is 20.6 Å². The molecule has 2 rings (SSSR count). The molecule has 0 N–H and O–H groups in total. The van der Waals surface area contributed by atoms with Gasteiger partial charge in [-0.1, -0.05) is 0 Å². The maximum Gasteiger partial charge on any atom is 0.336 e. The van der Waals surface area contributed by atoms with E-state index in [2.05, 4.69) is 0 Å². The van der Waals surface area contributed by atoms with E-state index < -0.39 is 17.1 Å². The Morgan fingerprint density at radius 3 is 2.06 bits per heavy atom. The minimum absolute atomic E-state index is 0.147. The number of hydrogen-bond donors (Lipinski definition) is 0. The van der Waals surface area contributed by atoms with Crippen LogP contribution in [0.1, 0.15) is 6.42 Å². The second kappa shape index (κ2) is 3.75. The molecule has 0 radical (unpaired) electrons. The van der Waals surface area contributed by atoms with Crippen molar-refractivity contribution in [3.05, 3.63) is 31.5 Å². The van der Waals surface area contributed by atoms with Crippen LogP contribution < -0.4 is 17.1 Å². The number of epoxide rings is 1. The van der Waals surface area contributed by atoms with Crippen LogP contribution in [0.5, 0.6) is 0 Å². The van der Waals surface area contributed by atoms with Crippen molar-refractivity contribution in [1.82, 2.24) is 13.7 Å². The molecular weight excluding hydrogens is 214 g/mol. The summed E-state index contributed by atoms with van der Waals surface area (Å²) in [5, 5.41) is 0. The third-order valence-corrected chi connectivity index (χ3v) is 2.69. The third-order valence-electron chi connectivity index (χ3n) is 2.69. The highest BCUT2D eigenvalue weighted by Crippen LogP contribution is 2.12. The van der Waals surface area contributed by atoms with Gasteiger partial charge < -0.3 is 4.74 Å². The van der Waals surface area contributed by atoms with Crippen LogP contribution in [0.25, 0.3) is 0 Å². The summed E-state index contributed by atoms with van der Waals surface area (Å²) in [5.74, 6) is 0. The molecule has 7 heteroatoms. The van der Waals surface area contributed by atoms with Crippen LogP contribution in [0.3, 0.4) is 0 Å². The molecule has 1 aromatic rings. The summed E-state index contributed by atoms with van der Waals surface area (Å²) in [6, 6.07) is 0. The molecule has 0 bridgehead atoms. The fourth-order valence-corrected chi connectivity index (χ4v) is 1.53. The first kappa shape index (κ1) is 10.9. The summed E-state index contributed by atoms with van der Waals surface area (Å²) in [6.45, 7) is 0.963. The first-order chi connectivity index (χ1) is 7.52. The number of nitrogens with zero attached hydrogens (tertiary/aromatic N) is 3. The zero-order valence-corrected chi connectivity index (χ0v) is 9.17. The maximum atomic E-state index is 11.7. The Balaban J connectivity index is 2.46. The Labute approximate surface area is 90.5 Å². The second-order valence-electron chi connectivity index (χ2n) is 3.86. The van der Waals surface area contributed by atoms with E-state index >= 15 is 0 Å². The molecule has 0 spiro atoms. The van der Waals surface area contributed by atoms with Gasteiger partial charge in [-0.25, -0.2) is 28.1 Å². The summed E-state index contributed by atoms with van der Waals surface area (Å²) in [4.78, 5) is 34.7. The Bertz CT molecular complexity index is 536. The van der Waals surface area contributed by atoms with E-state index in [0.29, 0.717) is 13.0 Å². The minimum Gasteiger partial charge on any atom is -0.373 e. The first-order valence-electron chi connectivity index (χ1n) is 5.01. The Kier molecular flexibility index (Phi) is 2.55. The fourth-order valence-electron chi connectivity index (χ4n) is 1.53. The van der Waals surface area contributed by atoms with Gasteiger partial charge in [-0.05, 0) is 6.42 Å². The van der Waals surface area contributed by atoms with Gasteiger partial charge in [-0.2, -0.15) is 0 Å². The van der Waals surface area contributed by atoms with E-state index in [1.54, 1.807) is 0 Å². The SMILES string of the molecule is Cn1c(=O)n(C)c(=O)n(CCC2CO2)c1=O. The smallest absolute Gasteiger partial charge is 0.336 e. The van der Waals surface area contributed by atoms with E-state index in [-0.39, 0.29) is 12.6 Å². The van der Waals surface area contributed by atoms with Crippen molar-refractivity contribution in [2.24, 2.45) is 14.1 Å². The zero-order chi connectivity index (χ0) is 11.9. The number of ether oxygens (including phenoxy) is 1. The average molecular weight is 227 g/mol. The van der Waals surface area contributed by atoms with Gasteiger partial charge in [-0.15, -0.1) is 0 Å². The molecule has 0 aromatic carbocycles. The van der Waals surface area contributed by atoms with Crippen molar-refractivity contribution in [3.8, 4) is 0 Å². The molecule has 0 saturated carbocycles. The zero-order valence-electron chi connectivity index (χ0n) is 9.17. The van der Waals surface area contributed by atoms with Crippen molar-refractivity contribution >= 4 is 0 Å². The number of rotatable bonds is 3. The summed E-state index contributed by atoms with van der Waals surface area (Å²) >= 11 is 0. The number of aromatic nitrogens is 3. The summed E-state index contributed by atoms with van der Waals surface area (Å²) in [5.41, 5.74) is -1.75. The maximum absolute atomic E-state index is 11.7. The van der Waals surface area contributed by atoms with Crippen LogP contribution in [0.4, 0.5) is 0 Å². The lowest BCUT2D eigenvalue weighted by atomic mass is 10.3. The molecule has 1 atom stereocenters. The van der Waals surface area contributed by atoms with Crippen molar-refractivity contribution in [2.45, 2.75) is 19.1 Å². The minimum atomic E-state index is -0.603. The molecule has 1 unspecified atom stereocenters. The summed E-state index contributed by atoms with van der Waals surface area (Å²) in [7, 11) is 2.71. The monoisotopic (exact) mass is 227 g/mol. The molecule has 1 aliphatic heterocycles. The molecule has 2 heterocycles. The molecule has 16 heavy (non-hydrogen) atoms. The molecule has 1 aromatic heterocycles. The summed E-state index contributed by atoms with van der Waals surface area (Å²) in [6.07, 6.45) is 0.765. The highest BCUT2D eigenvalue weighted by atomic mass is 16.6. The Hall–Kier alpha value is -1.63. The van der Waals surface area contributed by atoms with Gasteiger partial charge in [0.25, 0.3) is 0 Å². The quantitative estimate of drug-likeness (QED) is 0.561. The van der Waals surface area contributed by atoms with Gasteiger partial charge in [0.15, 0.2) is 0 Å². The Morgan fingerprint density at radius 2 is 1.62 bits per heavy atom. The molecule has 1 fully saturated rings. The highest BCUT2D eigenvalue weighted by Gasteiger charge is 2.23. The van der Waals surface area contributed by atoms with Gasteiger partial charge in [0.2, 0.25) is 0 Å². The lowest BCUT2D eigenvalue weighted by Crippen LogP contribution is -2.52. The molecule has 7 nitrogen and oxygen atoms in total. The Morgan fingerprint density at radius 1 is 1.12 bits per heavy atom. The van der Waals surface area contributed by atoms with E-state index in [0.717, 1.165) is 13.7 Å². The summed E-state index contributed by atoms with van der Waals surface area (Å²) < 4.78 is 7.91. The van der Waals surface area contributed by atoms with Crippen molar-refractivity contribution < 1.29 is 4.74 Å². The van der Waals surface area contributed by atoms with Gasteiger partial charge in [0.05, 0.1) is 12.7 Å². The topological polar surface area (TPSA) is 78.5 Å². The van der Waals surface area contributed by atoms with Crippen LogP contribution in [0, 0.1) is 0 Å². The van der Waals surface area contributed by atoms with Gasteiger partial charge in [-0.3, -0.25) is 0 Å². The van der Waals surface area contributed by atoms with Crippen LogP contribution in [-0.4, -0.2) is 26.4 Å². The predicted molar refractivity (Wildman–Crippen MR) is 55.5 cm³/mol. The lowest BCUT2D eigenvalue weighted by molar-refractivity contribution is 0.375.